The van der Waals surface area contributed by atoms with Gasteiger partial charge >= 0.3 is 0 Å². The van der Waals surface area contributed by atoms with Gasteiger partial charge in [0.2, 0.25) is 0 Å². The number of hydrogen-bond acceptors (Lipinski definition) is 2. The second-order valence-electron chi connectivity index (χ2n) is 6.82. The van der Waals surface area contributed by atoms with Crippen LogP contribution in [0.15, 0.2) is 24.8 Å². The summed E-state index contributed by atoms with van der Waals surface area (Å²) in [5.41, 5.74) is 0. The monoisotopic (exact) mass is 282 g/mol. The van der Waals surface area contributed by atoms with Crippen LogP contribution in [0.2, 0.25) is 18.1 Å². The van der Waals surface area contributed by atoms with Crippen LogP contribution in [-0.4, -0.2) is 20.7 Å². The van der Waals surface area contributed by atoms with Crippen molar-refractivity contribution in [3.8, 4) is 0 Å². The van der Waals surface area contributed by atoms with E-state index in [1.807, 2.05) is 13.0 Å². The Hall–Kier alpha value is -0.673. The SMILES string of the molecule is C=C/C=C\[C@H](C)[C@H](O[Si](C)(C)C(C)(C)C)[C@@H](C)C=O. The van der Waals surface area contributed by atoms with E-state index in [4.69, 9.17) is 4.43 Å². The first-order valence-electron chi connectivity index (χ1n) is 6.99. The van der Waals surface area contributed by atoms with Gasteiger partial charge in [-0.1, -0.05) is 59.4 Å². The summed E-state index contributed by atoms with van der Waals surface area (Å²) in [6.45, 7) is 18.8. The molecule has 0 radical (unpaired) electrons. The van der Waals surface area contributed by atoms with Crippen molar-refractivity contribution in [3.05, 3.63) is 24.8 Å². The highest BCUT2D eigenvalue weighted by Gasteiger charge is 2.41. The molecule has 0 N–H and O–H groups in total. The van der Waals surface area contributed by atoms with Crippen molar-refractivity contribution < 1.29 is 9.22 Å². The first kappa shape index (κ1) is 18.3. The molecule has 0 saturated carbocycles. The van der Waals surface area contributed by atoms with Gasteiger partial charge in [-0.15, -0.1) is 0 Å². The van der Waals surface area contributed by atoms with Gasteiger partial charge in [-0.2, -0.15) is 0 Å². The van der Waals surface area contributed by atoms with Crippen LogP contribution in [0.4, 0.5) is 0 Å². The summed E-state index contributed by atoms with van der Waals surface area (Å²) in [7, 11) is -1.87. The van der Waals surface area contributed by atoms with E-state index in [0.29, 0.717) is 0 Å². The molecule has 0 saturated heterocycles. The molecule has 0 spiro atoms. The van der Waals surface area contributed by atoms with Gasteiger partial charge in [-0.05, 0) is 24.1 Å². The molecule has 19 heavy (non-hydrogen) atoms. The standard InChI is InChI=1S/C16H30O2Si/c1-9-10-11-13(2)15(14(3)12-17)18-19(7,8)16(4,5)6/h9-15H,1H2,2-8H3/b11-10-/t13-,14-,15-/m0/s1. The number of allylic oxidation sites excluding steroid dienone is 2. The van der Waals surface area contributed by atoms with Gasteiger partial charge in [0.15, 0.2) is 8.32 Å². The minimum absolute atomic E-state index is 0.0606. The van der Waals surface area contributed by atoms with E-state index in [2.05, 4.69) is 53.4 Å². The first-order valence-corrected chi connectivity index (χ1v) is 9.90. The van der Waals surface area contributed by atoms with Gasteiger partial charge in [0, 0.05) is 5.92 Å². The molecule has 3 atom stereocenters. The van der Waals surface area contributed by atoms with E-state index >= 15 is 0 Å². The molecule has 0 fully saturated rings. The van der Waals surface area contributed by atoms with Gasteiger partial charge in [-0.25, -0.2) is 0 Å². The molecule has 0 bridgehead atoms. The fourth-order valence-corrected chi connectivity index (χ4v) is 3.11. The van der Waals surface area contributed by atoms with Crippen LogP contribution >= 0.6 is 0 Å². The summed E-state index contributed by atoms with van der Waals surface area (Å²) in [6.07, 6.45) is 6.67. The van der Waals surface area contributed by atoms with Crippen molar-refractivity contribution in [1.82, 2.24) is 0 Å². The predicted octanol–water partition coefficient (Wildman–Crippen LogP) is 4.59. The number of aldehydes is 1. The van der Waals surface area contributed by atoms with E-state index in [1.165, 1.54) is 0 Å². The van der Waals surface area contributed by atoms with Gasteiger partial charge in [0.05, 0.1) is 6.10 Å². The fourth-order valence-electron chi connectivity index (χ4n) is 1.65. The summed E-state index contributed by atoms with van der Waals surface area (Å²) in [4.78, 5) is 11.2. The maximum absolute atomic E-state index is 11.2. The van der Waals surface area contributed by atoms with Gasteiger partial charge < -0.3 is 9.22 Å². The molecule has 0 unspecified atom stereocenters. The van der Waals surface area contributed by atoms with Crippen LogP contribution in [0.1, 0.15) is 34.6 Å². The minimum Gasteiger partial charge on any atom is -0.413 e. The first-order chi connectivity index (χ1) is 8.56. The number of rotatable bonds is 7. The van der Waals surface area contributed by atoms with Crippen molar-refractivity contribution >= 4 is 14.6 Å². The summed E-state index contributed by atoms with van der Waals surface area (Å²) >= 11 is 0. The molecular formula is C16H30O2Si. The third-order valence-electron chi connectivity index (χ3n) is 4.04. The number of carbonyl (C=O) groups excluding carboxylic acids is 1. The zero-order valence-corrected chi connectivity index (χ0v) is 14.6. The summed E-state index contributed by atoms with van der Waals surface area (Å²) in [5.74, 6) is 0.103. The zero-order chi connectivity index (χ0) is 15.3. The lowest BCUT2D eigenvalue weighted by Gasteiger charge is -2.41. The van der Waals surface area contributed by atoms with Crippen LogP contribution in [-0.2, 0) is 9.22 Å². The molecule has 2 nitrogen and oxygen atoms in total. The molecule has 3 heteroatoms. The number of carbonyl (C=O) groups is 1. The Bertz CT molecular complexity index is 326. The van der Waals surface area contributed by atoms with Crippen molar-refractivity contribution in [2.24, 2.45) is 11.8 Å². The molecule has 0 amide bonds. The highest BCUT2D eigenvalue weighted by Crippen LogP contribution is 2.39. The molecule has 0 aliphatic carbocycles. The Balaban J connectivity index is 5.13. The topological polar surface area (TPSA) is 26.3 Å². The Labute approximate surface area is 120 Å². The van der Waals surface area contributed by atoms with Crippen LogP contribution in [0.5, 0.6) is 0 Å². The van der Waals surface area contributed by atoms with E-state index in [1.54, 1.807) is 6.08 Å². The molecular weight excluding hydrogens is 252 g/mol. The van der Waals surface area contributed by atoms with E-state index in [0.717, 1.165) is 6.29 Å². The quantitative estimate of drug-likeness (QED) is 0.388. The van der Waals surface area contributed by atoms with Crippen molar-refractivity contribution in [2.45, 2.75) is 58.9 Å². The van der Waals surface area contributed by atoms with Gasteiger partial charge in [0.1, 0.15) is 6.29 Å². The molecule has 0 rings (SSSR count). The van der Waals surface area contributed by atoms with Crippen LogP contribution in [0.25, 0.3) is 0 Å². The lowest BCUT2D eigenvalue weighted by Crippen LogP contribution is -2.47. The zero-order valence-electron chi connectivity index (χ0n) is 13.6. The third-order valence-corrected chi connectivity index (χ3v) is 8.51. The number of hydrogen-bond donors (Lipinski definition) is 0. The highest BCUT2D eigenvalue weighted by atomic mass is 28.4. The van der Waals surface area contributed by atoms with Gasteiger partial charge in [0.25, 0.3) is 0 Å². The Morgan fingerprint density at radius 3 is 2.05 bits per heavy atom. The average Bonchev–Trinajstić information content (AvgIpc) is 2.30. The summed E-state index contributed by atoms with van der Waals surface area (Å²) < 4.78 is 6.44. The highest BCUT2D eigenvalue weighted by molar-refractivity contribution is 6.74. The summed E-state index contributed by atoms with van der Waals surface area (Å²) in [5, 5.41) is 0.149. The van der Waals surface area contributed by atoms with Crippen LogP contribution in [0, 0.1) is 11.8 Å². The van der Waals surface area contributed by atoms with Crippen molar-refractivity contribution in [3.63, 3.8) is 0 Å². The van der Waals surface area contributed by atoms with Crippen LogP contribution in [0.3, 0.4) is 0 Å². The van der Waals surface area contributed by atoms with Crippen molar-refractivity contribution in [1.29, 1.82) is 0 Å². The normalized spacial score (nSPS) is 18.1. The van der Waals surface area contributed by atoms with Crippen molar-refractivity contribution in [2.75, 3.05) is 0 Å². The average molecular weight is 282 g/mol. The Morgan fingerprint density at radius 1 is 1.16 bits per heavy atom. The lowest BCUT2D eigenvalue weighted by molar-refractivity contribution is -0.113. The molecule has 0 aliphatic rings. The lowest BCUT2D eigenvalue weighted by atomic mass is 9.94. The largest absolute Gasteiger partial charge is 0.413 e. The fraction of sp³-hybridized carbons (Fsp3) is 0.688. The Morgan fingerprint density at radius 2 is 1.68 bits per heavy atom. The molecule has 0 aromatic rings. The molecule has 0 aliphatic heterocycles. The molecule has 0 aromatic carbocycles. The summed E-state index contributed by atoms with van der Waals surface area (Å²) in [6, 6.07) is 0. The maximum Gasteiger partial charge on any atom is 0.192 e. The third kappa shape index (κ3) is 5.45. The molecule has 0 aromatic heterocycles. The van der Waals surface area contributed by atoms with Crippen LogP contribution < -0.4 is 0 Å². The smallest absolute Gasteiger partial charge is 0.192 e. The van der Waals surface area contributed by atoms with E-state index in [-0.39, 0.29) is 23.0 Å². The molecule has 110 valence electrons. The maximum atomic E-state index is 11.2. The van der Waals surface area contributed by atoms with E-state index < -0.39 is 8.32 Å². The Kier molecular flexibility index (Phi) is 6.95. The molecule has 0 heterocycles. The second-order valence-corrected chi connectivity index (χ2v) is 11.6. The van der Waals surface area contributed by atoms with E-state index in [9.17, 15) is 4.79 Å². The van der Waals surface area contributed by atoms with Gasteiger partial charge in [-0.3, -0.25) is 0 Å². The second kappa shape index (κ2) is 7.20. The minimum atomic E-state index is -1.87. The predicted molar refractivity (Wildman–Crippen MR) is 85.8 cm³/mol.